The van der Waals surface area contributed by atoms with Gasteiger partial charge in [-0.2, -0.15) is 0 Å². The van der Waals surface area contributed by atoms with Crippen LogP contribution in [0.15, 0.2) is 28.7 Å². The largest absolute Gasteiger partial charge is 0.425 e. The van der Waals surface area contributed by atoms with Gasteiger partial charge in [0.25, 0.3) is 0 Å². The lowest BCUT2D eigenvalue weighted by Crippen LogP contribution is -2.24. The Hall–Kier alpha value is -1.92. The zero-order valence-electron chi connectivity index (χ0n) is 13.7. The molecule has 1 heterocycles. The van der Waals surface area contributed by atoms with Crippen molar-refractivity contribution in [3.8, 4) is 0 Å². The maximum atomic E-state index is 10.7. The number of amides is 1. The van der Waals surface area contributed by atoms with E-state index < -0.39 is 0 Å². The molecule has 2 aromatic rings. The van der Waals surface area contributed by atoms with Crippen molar-refractivity contribution in [3.05, 3.63) is 46.6 Å². The van der Waals surface area contributed by atoms with Crippen LogP contribution in [0.1, 0.15) is 55.9 Å². The fraction of sp³-hybridized carbons (Fsp3) is 0.471. The summed E-state index contributed by atoms with van der Waals surface area (Å²) in [6.45, 7) is 2.26. The van der Waals surface area contributed by atoms with Gasteiger partial charge in [-0.05, 0) is 18.1 Å². The molecule has 130 valence electrons. The molecule has 0 unspecified atom stereocenters. The first-order valence-electron chi connectivity index (χ1n) is 8.10. The molecule has 0 saturated heterocycles. The van der Waals surface area contributed by atoms with Crippen molar-refractivity contribution in [2.24, 2.45) is 0 Å². The highest BCUT2D eigenvalue weighted by Gasteiger charge is 2.21. The minimum Gasteiger partial charge on any atom is -0.425 e. The number of unbranched alkanes of at least 4 members (excludes halogenated alkanes) is 2. The van der Waals surface area contributed by atoms with Crippen LogP contribution in [0.25, 0.3) is 0 Å². The van der Waals surface area contributed by atoms with E-state index in [0.29, 0.717) is 34.7 Å². The molecule has 1 atom stereocenters. The van der Waals surface area contributed by atoms with Crippen molar-refractivity contribution in [2.45, 2.75) is 44.9 Å². The summed E-state index contributed by atoms with van der Waals surface area (Å²) in [5.74, 6) is 0.725. The minimum absolute atomic E-state index is 0.140. The van der Waals surface area contributed by atoms with Gasteiger partial charge in [0, 0.05) is 5.02 Å². The Labute approximate surface area is 146 Å². The number of carbonyl (C=O) groups excluding carboxylic acids is 1. The molecule has 0 spiro atoms. The number of rotatable bonds is 10. The second kappa shape index (κ2) is 9.39. The van der Waals surface area contributed by atoms with Crippen LogP contribution in [0, 0.1) is 0 Å². The van der Waals surface area contributed by atoms with E-state index >= 15 is 0 Å². The standard InChI is InChI=1S/C17H22ClN3O3/c1-2-3-4-8-14(11-21(23)12-22)17-20-19-16(24-17)10-13-7-5-6-9-15(13)18/h5-7,9,12,14,23H,2-4,8,10-11H2,1H3/t14-/m0/s1. The number of aromatic nitrogens is 2. The molecule has 1 aromatic carbocycles. The summed E-state index contributed by atoms with van der Waals surface area (Å²) in [6.07, 6.45) is 4.73. The Morgan fingerprint density at radius 1 is 1.33 bits per heavy atom. The summed E-state index contributed by atoms with van der Waals surface area (Å²) in [7, 11) is 0. The Morgan fingerprint density at radius 3 is 2.83 bits per heavy atom. The molecule has 0 saturated carbocycles. The average molecular weight is 352 g/mol. The highest BCUT2D eigenvalue weighted by molar-refractivity contribution is 6.31. The Kier molecular flexibility index (Phi) is 7.21. The molecule has 6 nitrogen and oxygen atoms in total. The monoisotopic (exact) mass is 351 g/mol. The van der Waals surface area contributed by atoms with Gasteiger partial charge in [0.05, 0.1) is 18.9 Å². The van der Waals surface area contributed by atoms with Gasteiger partial charge in [0.1, 0.15) is 0 Å². The van der Waals surface area contributed by atoms with E-state index in [9.17, 15) is 10.0 Å². The minimum atomic E-state index is -0.181. The molecular formula is C17H22ClN3O3. The molecule has 0 bridgehead atoms. The van der Waals surface area contributed by atoms with Gasteiger partial charge in [0.15, 0.2) is 0 Å². The summed E-state index contributed by atoms with van der Waals surface area (Å²) in [6, 6.07) is 7.49. The molecule has 0 fully saturated rings. The van der Waals surface area contributed by atoms with E-state index in [1.165, 1.54) is 0 Å². The normalized spacial score (nSPS) is 12.1. The van der Waals surface area contributed by atoms with Crippen molar-refractivity contribution >= 4 is 18.0 Å². The first-order valence-corrected chi connectivity index (χ1v) is 8.48. The van der Waals surface area contributed by atoms with Crippen LogP contribution in [0.3, 0.4) is 0 Å². The fourth-order valence-electron chi connectivity index (χ4n) is 2.51. The maximum Gasteiger partial charge on any atom is 0.233 e. The molecule has 0 aliphatic carbocycles. The third-order valence-electron chi connectivity index (χ3n) is 3.82. The first-order chi connectivity index (χ1) is 11.6. The van der Waals surface area contributed by atoms with Crippen LogP contribution in [0.5, 0.6) is 0 Å². The summed E-state index contributed by atoms with van der Waals surface area (Å²) >= 11 is 6.15. The van der Waals surface area contributed by atoms with Gasteiger partial charge in [0.2, 0.25) is 18.2 Å². The molecule has 1 amide bonds. The molecule has 1 aromatic heterocycles. The molecular weight excluding hydrogens is 330 g/mol. The second-order valence-electron chi connectivity index (χ2n) is 5.72. The van der Waals surface area contributed by atoms with Crippen molar-refractivity contribution in [1.82, 2.24) is 15.3 Å². The van der Waals surface area contributed by atoms with Crippen molar-refractivity contribution in [1.29, 1.82) is 0 Å². The number of carbonyl (C=O) groups is 1. The van der Waals surface area contributed by atoms with E-state index in [0.717, 1.165) is 31.2 Å². The lowest BCUT2D eigenvalue weighted by atomic mass is 10.0. The van der Waals surface area contributed by atoms with E-state index in [1.54, 1.807) is 0 Å². The molecule has 0 aliphatic rings. The zero-order valence-corrected chi connectivity index (χ0v) is 14.4. The molecule has 24 heavy (non-hydrogen) atoms. The van der Waals surface area contributed by atoms with Crippen molar-refractivity contribution < 1.29 is 14.4 Å². The SMILES string of the molecule is CCCCC[C@@H](CN(O)C=O)c1nnc(Cc2ccccc2Cl)o1. The predicted octanol–water partition coefficient (Wildman–Crippen LogP) is 3.83. The quantitative estimate of drug-likeness (QED) is 0.304. The van der Waals surface area contributed by atoms with Crippen LogP contribution in [-0.2, 0) is 11.2 Å². The van der Waals surface area contributed by atoms with Crippen LogP contribution in [0.2, 0.25) is 5.02 Å². The lowest BCUT2D eigenvalue weighted by Gasteiger charge is -2.16. The van der Waals surface area contributed by atoms with Crippen molar-refractivity contribution in [3.63, 3.8) is 0 Å². The van der Waals surface area contributed by atoms with Gasteiger partial charge in [-0.15, -0.1) is 10.2 Å². The van der Waals surface area contributed by atoms with Crippen LogP contribution >= 0.6 is 11.6 Å². The van der Waals surface area contributed by atoms with Gasteiger partial charge in [-0.25, -0.2) is 5.06 Å². The van der Waals surface area contributed by atoms with Gasteiger partial charge in [-0.3, -0.25) is 10.0 Å². The highest BCUT2D eigenvalue weighted by atomic mass is 35.5. The molecule has 0 radical (unpaired) electrons. The smallest absolute Gasteiger partial charge is 0.233 e. The molecule has 1 N–H and O–H groups in total. The van der Waals surface area contributed by atoms with E-state index in [1.807, 2.05) is 24.3 Å². The third kappa shape index (κ3) is 5.32. The number of hydroxylamine groups is 2. The summed E-state index contributed by atoms with van der Waals surface area (Å²) in [5.41, 5.74) is 0.911. The van der Waals surface area contributed by atoms with Crippen molar-refractivity contribution in [2.75, 3.05) is 6.54 Å². The lowest BCUT2D eigenvalue weighted by molar-refractivity contribution is -0.151. The Morgan fingerprint density at radius 2 is 2.12 bits per heavy atom. The number of benzene rings is 1. The second-order valence-corrected chi connectivity index (χ2v) is 6.13. The summed E-state index contributed by atoms with van der Waals surface area (Å²) in [4.78, 5) is 10.7. The summed E-state index contributed by atoms with van der Waals surface area (Å²) in [5, 5.41) is 18.9. The van der Waals surface area contributed by atoms with E-state index in [-0.39, 0.29) is 12.5 Å². The average Bonchev–Trinajstić information content (AvgIpc) is 3.04. The van der Waals surface area contributed by atoms with Gasteiger partial charge < -0.3 is 4.42 Å². The van der Waals surface area contributed by atoms with Gasteiger partial charge >= 0.3 is 0 Å². The van der Waals surface area contributed by atoms with Gasteiger partial charge in [-0.1, -0.05) is 56.0 Å². The molecule has 7 heteroatoms. The molecule has 2 rings (SSSR count). The summed E-state index contributed by atoms with van der Waals surface area (Å²) < 4.78 is 5.75. The predicted molar refractivity (Wildman–Crippen MR) is 90.0 cm³/mol. The van der Waals surface area contributed by atoms with Crippen LogP contribution < -0.4 is 0 Å². The Bertz CT molecular complexity index is 648. The van der Waals surface area contributed by atoms with E-state index in [2.05, 4.69) is 17.1 Å². The first kappa shape index (κ1) is 18.4. The Balaban J connectivity index is 2.08. The number of hydrogen-bond donors (Lipinski definition) is 1. The van der Waals surface area contributed by atoms with Crippen LogP contribution in [0.4, 0.5) is 0 Å². The topological polar surface area (TPSA) is 79.5 Å². The molecule has 0 aliphatic heterocycles. The number of nitrogens with zero attached hydrogens (tertiary/aromatic N) is 3. The highest BCUT2D eigenvalue weighted by Crippen LogP contribution is 2.24. The maximum absolute atomic E-state index is 10.7. The third-order valence-corrected chi connectivity index (χ3v) is 4.19. The zero-order chi connectivity index (χ0) is 17.4. The number of halogens is 1. The number of hydrogen-bond acceptors (Lipinski definition) is 5. The van der Waals surface area contributed by atoms with Crippen LogP contribution in [-0.4, -0.2) is 33.4 Å². The van der Waals surface area contributed by atoms with E-state index in [4.69, 9.17) is 16.0 Å². The fourth-order valence-corrected chi connectivity index (χ4v) is 2.71.